The van der Waals surface area contributed by atoms with Gasteiger partial charge in [-0.2, -0.15) is 0 Å². The SMILES string of the molecule is COP(=O)(OC)C(=C=C(C)C)S(C)(=O)=O. The molecule has 7 heteroatoms. The van der Waals surface area contributed by atoms with E-state index in [9.17, 15) is 13.0 Å². The molecule has 0 unspecified atom stereocenters. The molecule has 0 aliphatic carbocycles. The Bertz CT molecular complexity index is 430. The maximum Gasteiger partial charge on any atom is 0.379 e. The lowest BCUT2D eigenvalue weighted by atomic mass is 10.4. The van der Waals surface area contributed by atoms with Gasteiger partial charge in [0.1, 0.15) is 0 Å². The van der Waals surface area contributed by atoms with E-state index in [1.165, 1.54) is 0 Å². The van der Waals surface area contributed by atoms with Crippen LogP contribution in [-0.4, -0.2) is 28.9 Å². The Labute approximate surface area is 90.2 Å². The third-order valence-electron chi connectivity index (χ3n) is 1.44. The van der Waals surface area contributed by atoms with Crippen molar-refractivity contribution in [2.45, 2.75) is 13.8 Å². The molecule has 0 atom stereocenters. The van der Waals surface area contributed by atoms with E-state index in [0.717, 1.165) is 20.5 Å². The summed E-state index contributed by atoms with van der Waals surface area (Å²) < 4.78 is 43.5. The highest BCUT2D eigenvalue weighted by Crippen LogP contribution is 2.56. The Balaban J connectivity index is 5.99. The Morgan fingerprint density at radius 1 is 1.20 bits per heavy atom. The van der Waals surface area contributed by atoms with Crippen LogP contribution in [0.25, 0.3) is 0 Å². The monoisotopic (exact) mass is 254 g/mol. The van der Waals surface area contributed by atoms with Gasteiger partial charge in [0.05, 0.1) is 0 Å². The molecule has 0 aromatic carbocycles. The van der Waals surface area contributed by atoms with Crippen molar-refractivity contribution in [1.29, 1.82) is 0 Å². The summed E-state index contributed by atoms with van der Waals surface area (Å²) in [5.74, 6) is 0. The minimum Gasteiger partial charge on any atom is -0.308 e. The molecule has 0 amide bonds. The van der Waals surface area contributed by atoms with Crippen LogP contribution in [0.1, 0.15) is 13.8 Å². The highest BCUT2D eigenvalue weighted by atomic mass is 32.2. The average Bonchev–Trinajstić information content (AvgIpc) is 2.11. The van der Waals surface area contributed by atoms with Gasteiger partial charge in [-0.25, -0.2) is 8.42 Å². The van der Waals surface area contributed by atoms with Crippen molar-refractivity contribution < 1.29 is 22.0 Å². The van der Waals surface area contributed by atoms with Gasteiger partial charge < -0.3 is 9.05 Å². The summed E-state index contributed by atoms with van der Waals surface area (Å²) in [7, 11) is -5.19. The number of rotatable bonds is 4. The van der Waals surface area contributed by atoms with Crippen molar-refractivity contribution in [2.75, 3.05) is 20.5 Å². The van der Waals surface area contributed by atoms with Gasteiger partial charge in [0.15, 0.2) is 14.5 Å². The number of hydrogen-bond acceptors (Lipinski definition) is 5. The molecule has 15 heavy (non-hydrogen) atoms. The second-order valence-corrected chi connectivity index (χ2v) is 7.49. The van der Waals surface area contributed by atoms with Crippen LogP contribution in [0.15, 0.2) is 16.0 Å². The Kier molecular flexibility index (Phi) is 4.97. The highest BCUT2D eigenvalue weighted by molar-refractivity contribution is 8.02. The smallest absolute Gasteiger partial charge is 0.308 e. The van der Waals surface area contributed by atoms with Crippen molar-refractivity contribution in [3.8, 4) is 0 Å². The molecule has 0 saturated heterocycles. The third-order valence-corrected chi connectivity index (χ3v) is 5.48. The van der Waals surface area contributed by atoms with Crippen LogP contribution < -0.4 is 0 Å². The topological polar surface area (TPSA) is 69.7 Å². The molecule has 0 aromatic heterocycles. The highest BCUT2D eigenvalue weighted by Gasteiger charge is 2.35. The van der Waals surface area contributed by atoms with Gasteiger partial charge >= 0.3 is 7.60 Å². The van der Waals surface area contributed by atoms with E-state index in [1.54, 1.807) is 13.8 Å². The van der Waals surface area contributed by atoms with Gasteiger partial charge in [0, 0.05) is 20.5 Å². The molecule has 0 heterocycles. The molecule has 0 saturated carbocycles. The zero-order chi connectivity index (χ0) is 12.3. The minimum absolute atomic E-state index is 0.444. The summed E-state index contributed by atoms with van der Waals surface area (Å²) >= 11 is 0. The average molecular weight is 254 g/mol. The van der Waals surface area contributed by atoms with Crippen molar-refractivity contribution >= 4 is 17.4 Å². The third kappa shape index (κ3) is 3.93. The van der Waals surface area contributed by atoms with E-state index in [4.69, 9.17) is 0 Å². The lowest BCUT2D eigenvalue weighted by molar-refractivity contribution is 0.285. The molecule has 0 radical (unpaired) electrons. The molecule has 0 bridgehead atoms. The summed E-state index contributed by atoms with van der Waals surface area (Å²) in [6, 6.07) is 0. The summed E-state index contributed by atoms with van der Waals surface area (Å²) in [5, 5.41) is 0. The molecule has 0 aliphatic rings. The van der Waals surface area contributed by atoms with Crippen molar-refractivity contribution in [3.63, 3.8) is 0 Å². The largest absolute Gasteiger partial charge is 0.379 e. The lowest BCUT2D eigenvalue weighted by Crippen LogP contribution is -2.04. The van der Waals surface area contributed by atoms with E-state index in [2.05, 4.69) is 14.8 Å². The zero-order valence-corrected chi connectivity index (χ0v) is 11.1. The first-order valence-corrected chi connectivity index (χ1v) is 7.47. The van der Waals surface area contributed by atoms with Crippen LogP contribution >= 0.6 is 7.60 Å². The van der Waals surface area contributed by atoms with Gasteiger partial charge in [-0.3, -0.25) is 4.57 Å². The van der Waals surface area contributed by atoms with Crippen LogP contribution in [0.5, 0.6) is 0 Å². The van der Waals surface area contributed by atoms with Gasteiger partial charge in [0.25, 0.3) is 0 Å². The van der Waals surface area contributed by atoms with Gasteiger partial charge in [-0.15, -0.1) is 0 Å². The lowest BCUT2D eigenvalue weighted by Gasteiger charge is -2.13. The molecule has 0 N–H and O–H groups in total. The normalized spacial score (nSPS) is 12.1. The molecule has 0 rings (SSSR count). The molecule has 0 spiro atoms. The second kappa shape index (κ2) is 5.10. The van der Waals surface area contributed by atoms with Crippen LogP contribution in [0, 0.1) is 0 Å². The first-order chi connectivity index (χ1) is 6.67. The maximum absolute atomic E-state index is 11.9. The predicted molar refractivity (Wildman–Crippen MR) is 58.4 cm³/mol. The fourth-order valence-corrected chi connectivity index (χ4v) is 4.12. The van der Waals surface area contributed by atoms with Crippen molar-refractivity contribution in [2.24, 2.45) is 0 Å². The summed E-state index contributed by atoms with van der Waals surface area (Å²) in [6.07, 6.45) is 0.933. The number of sulfone groups is 1. The number of hydrogen-bond donors (Lipinski definition) is 0. The predicted octanol–water partition coefficient (Wildman–Crippen LogP) is 1.92. The van der Waals surface area contributed by atoms with E-state index < -0.39 is 22.1 Å². The van der Waals surface area contributed by atoms with Crippen LogP contribution in [0.4, 0.5) is 0 Å². The maximum atomic E-state index is 11.9. The minimum atomic E-state index is -3.77. The summed E-state index contributed by atoms with van der Waals surface area (Å²) in [4.78, 5) is 0. The molecule has 0 aromatic rings. The van der Waals surface area contributed by atoms with Crippen LogP contribution in [-0.2, 0) is 23.4 Å². The van der Waals surface area contributed by atoms with E-state index in [0.29, 0.717) is 5.57 Å². The van der Waals surface area contributed by atoms with Crippen LogP contribution in [0.2, 0.25) is 0 Å². The van der Waals surface area contributed by atoms with Gasteiger partial charge in [-0.05, 0) is 19.4 Å². The first kappa shape index (κ1) is 14.6. The second-order valence-electron chi connectivity index (χ2n) is 3.06. The molecule has 0 aliphatic heterocycles. The van der Waals surface area contributed by atoms with E-state index in [-0.39, 0.29) is 0 Å². The van der Waals surface area contributed by atoms with E-state index in [1.807, 2.05) is 0 Å². The van der Waals surface area contributed by atoms with Crippen LogP contribution in [0.3, 0.4) is 0 Å². The summed E-state index contributed by atoms with van der Waals surface area (Å²) in [5.41, 5.74) is 3.07. The van der Waals surface area contributed by atoms with Crippen molar-refractivity contribution in [3.05, 3.63) is 16.0 Å². The fourth-order valence-electron chi connectivity index (χ4n) is 0.818. The number of allylic oxidation sites excluding steroid dienone is 1. The van der Waals surface area contributed by atoms with E-state index >= 15 is 0 Å². The molecule has 5 nitrogen and oxygen atoms in total. The molecular weight excluding hydrogens is 239 g/mol. The van der Waals surface area contributed by atoms with Gasteiger partial charge in [0.2, 0.25) is 0 Å². The molecular formula is C8H15O5PS. The van der Waals surface area contributed by atoms with Crippen molar-refractivity contribution in [1.82, 2.24) is 0 Å². The Morgan fingerprint density at radius 2 is 1.60 bits per heavy atom. The quantitative estimate of drug-likeness (QED) is 0.566. The summed E-state index contributed by atoms with van der Waals surface area (Å²) in [6.45, 7) is 3.28. The Hall–Kier alpha value is -0.380. The Morgan fingerprint density at radius 3 is 1.80 bits per heavy atom. The van der Waals surface area contributed by atoms with Gasteiger partial charge in [-0.1, -0.05) is 5.73 Å². The zero-order valence-electron chi connectivity index (χ0n) is 9.40. The first-order valence-electron chi connectivity index (χ1n) is 4.03. The fraction of sp³-hybridized carbons (Fsp3) is 0.625. The molecule has 0 fully saturated rings. The standard InChI is InChI=1S/C8H15O5PS/c1-7(2)6-8(15(5,10)11)14(9,12-3)13-4/h1-5H3. The molecule has 88 valence electrons.